The number of rotatable bonds is 26. The summed E-state index contributed by atoms with van der Waals surface area (Å²) in [5, 5.41) is 52.1. The van der Waals surface area contributed by atoms with Gasteiger partial charge < -0.3 is 115 Å². The quantitative estimate of drug-likeness (QED) is 0.0329. The molecule has 0 saturated carbocycles. The van der Waals surface area contributed by atoms with Crippen LogP contribution in [0, 0.1) is 17.8 Å². The molecule has 134 heavy (non-hydrogen) atoms. The van der Waals surface area contributed by atoms with Crippen molar-refractivity contribution in [2.75, 3.05) is 58.3 Å². The van der Waals surface area contributed by atoms with E-state index in [1.165, 1.54) is 64.7 Å². The van der Waals surface area contributed by atoms with Crippen molar-refractivity contribution in [3.8, 4) is 5.75 Å². The Bertz CT molecular complexity index is 5200. The summed E-state index contributed by atoms with van der Waals surface area (Å²) in [5.74, 6) is -20.2. The summed E-state index contributed by atoms with van der Waals surface area (Å²) in [6, 6.07) is 1.38. The molecular formula is C92H126N20O21S. The number of carbonyl (C=O) groups is 18. The number of aliphatic hydroxyl groups is 1. The number of primary amides is 2. The van der Waals surface area contributed by atoms with Crippen LogP contribution in [0.15, 0.2) is 97.7 Å². The van der Waals surface area contributed by atoms with Gasteiger partial charge >= 0.3 is 5.97 Å². The first-order valence-corrected chi connectivity index (χ1v) is 46.4. The third kappa shape index (κ3) is 28.8. The largest absolute Gasteiger partial charge is 0.508 e. The first-order chi connectivity index (χ1) is 63.8. The van der Waals surface area contributed by atoms with Crippen LogP contribution < -0.4 is 60.2 Å². The second kappa shape index (κ2) is 49.7. The van der Waals surface area contributed by atoms with E-state index in [9.17, 15) is 63.3 Å². The molecule has 3 fully saturated rings. The van der Waals surface area contributed by atoms with E-state index >= 15 is 38.4 Å². The molecular weight excluding hydrogens is 1750 g/mol. The molecule has 6 aromatic rings. The number of aromatic amines is 3. The first-order valence-electron chi connectivity index (χ1n) is 45.2. The maximum absolute atomic E-state index is 15.8. The molecule has 6 heterocycles. The molecule has 21 N–H and O–H groups in total. The molecule has 14 amide bonds. The fourth-order valence-corrected chi connectivity index (χ4v) is 18.2. The molecule has 0 spiro atoms. The number of ketones is 3. The summed E-state index contributed by atoms with van der Waals surface area (Å²) in [4.78, 5) is 282. The van der Waals surface area contributed by atoms with Crippen LogP contribution in [0.2, 0.25) is 0 Å². The van der Waals surface area contributed by atoms with Crippen molar-refractivity contribution >= 4 is 140 Å². The number of thioether (sulfide) groups is 1. The number of fused-ring (bicyclic) bond motifs is 4. The van der Waals surface area contributed by atoms with Gasteiger partial charge in [0.2, 0.25) is 82.7 Å². The molecule has 15 atom stereocenters. The number of carboxylic acid groups (broad SMARTS) is 1. The van der Waals surface area contributed by atoms with Gasteiger partial charge in [0.15, 0.2) is 11.6 Å². The predicted molar refractivity (Wildman–Crippen MR) is 492 cm³/mol. The molecule has 0 unspecified atom stereocenters. The van der Waals surface area contributed by atoms with E-state index in [0.717, 1.165) is 36.3 Å². The molecule has 42 heteroatoms. The number of hydrogen-bond donors (Lipinski definition) is 17. The number of nitrogens with zero attached hydrogens (tertiary/aromatic N) is 6. The number of aliphatic hydroxyl groups excluding tert-OH is 1. The van der Waals surface area contributed by atoms with Crippen molar-refractivity contribution in [2.45, 2.75) is 235 Å². The number of aliphatic carboxylic acids is 1. The number of nitrogens with two attached hydrogens (primary N) is 4. The molecule has 3 aliphatic rings. The van der Waals surface area contributed by atoms with Gasteiger partial charge in [0, 0.05) is 169 Å². The monoisotopic (exact) mass is 1880 g/mol. The number of imidazole rings is 1. The van der Waals surface area contributed by atoms with E-state index in [0.29, 0.717) is 51.3 Å². The molecule has 3 saturated heterocycles. The highest BCUT2D eigenvalue weighted by Gasteiger charge is 2.47. The molecule has 0 aliphatic carbocycles. The summed E-state index contributed by atoms with van der Waals surface area (Å²) in [7, 11) is 2.61. The van der Waals surface area contributed by atoms with E-state index in [4.69, 9.17) is 22.9 Å². The molecule has 41 nitrogen and oxygen atoms in total. The minimum atomic E-state index is -1.83. The fraction of sp³-hybridized carbons (Fsp3) is 0.533. The van der Waals surface area contributed by atoms with Gasteiger partial charge in [-0.25, -0.2) is 4.98 Å². The number of phenols is 1. The number of Topliss-reactive ketones (excluding diaryl/α,β-unsaturated/α-hetero) is 3. The second-order valence-corrected chi connectivity index (χ2v) is 36.1. The Labute approximate surface area is 779 Å². The molecule has 0 bridgehead atoms. The molecule has 726 valence electrons. The number of para-hydroxylation sites is 2. The van der Waals surface area contributed by atoms with Crippen LogP contribution >= 0.6 is 11.8 Å². The predicted octanol–water partition coefficient (Wildman–Crippen LogP) is -0.398. The van der Waals surface area contributed by atoms with Gasteiger partial charge in [0.05, 0.1) is 36.2 Å². The van der Waals surface area contributed by atoms with E-state index in [2.05, 4.69) is 57.2 Å². The zero-order valence-corrected chi connectivity index (χ0v) is 77.3. The number of H-pyrrole nitrogens is 3. The van der Waals surface area contributed by atoms with E-state index < -0.39 is 260 Å². The number of likely N-dealkylation sites (N-methyl/N-ethyl adjacent to an activating group) is 2. The van der Waals surface area contributed by atoms with E-state index in [1.807, 2.05) is 6.92 Å². The van der Waals surface area contributed by atoms with Gasteiger partial charge in [-0.15, -0.1) is 0 Å². The van der Waals surface area contributed by atoms with Gasteiger partial charge in [-0.2, -0.15) is 11.8 Å². The Kier molecular flexibility index (Phi) is 38.8. The molecule has 0 radical (unpaired) electrons. The lowest BCUT2D eigenvalue weighted by Gasteiger charge is -2.36. The lowest BCUT2D eigenvalue weighted by Crippen LogP contribution is -2.61. The van der Waals surface area contributed by atoms with E-state index in [-0.39, 0.29) is 107 Å². The number of hydrogen-bond acceptors (Lipinski definition) is 24. The highest BCUT2D eigenvalue weighted by Crippen LogP contribution is 2.30. The number of aromatic nitrogens is 4. The number of carbonyl (C=O) groups excluding carboxylic acids is 17. The molecule has 3 aromatic carbocycles. The molecule has 3 aromatic heterocycles. The van der Waals surface area contributed by atoms with Crippen molar-refractivity contribution < 1.29 is 102 Å². The van der Waals surface area contributed by atoms with Crippen LogP contribution in [-0.2, 0) is 112 Å². The summed E-state index contributed by atoms with van der Waals surface area (Å²) in [5.41, 5.74) is 26.7. The zero-order valence-electron chi connectivity index (χ0n) is 76.5. The van der Waals surface area contributed by atoms with Gasteiger partial charge in [-0.3, -0.25) is 86.3 Å². The Morgan fingerprint density at radius 1 is 0.567 bits per heavy atom. The lowest BCUT2D eigenvalue weighted by molar-refractivity contribution is -0.149. The minimum absolute atomic E-state index is 0.0179. The number of nitrogens with one attached hydrogen (secondary N) is 10. The second-order valence-electron chi connectivity index (χ2n) is 35.1. The Hall–Kier alpha value is -13.0. The van der Waals surface area contributed by atoms with Crippen LogP contribution in [0.3, 0.4) is 0 Å². The fourth-order valence-electron chi connectivity index (χ4n) is 17.2. The Morgan fingerprint density at radius 3 is 1.75 bits per heavy atom. The van der Waals surface area contributed by atoms with Crippen LogP contribution in [-0.4, -0.2) is 303 Å². The van der Waals surface area contributed by atoms with Gasteiger partial charge in [0.1, 0.15) is 72.0 Å². The smallest absolute Gasteiger partial charge is 0.303 e. The van der Waals surface area contributed by atoms with Gasteiger partial charge in [-0.1, -0.05) is 82.1 Å². The number of benzene rings is 3. The van der Waals surface area contributed by atoms with Crippen LogP contribution in [0.1, 0.15) is 153 Å². The lowest BCUT2D eigenvalue weighted by atomic mass is 9.90. The Morgan fingerprint density at radius 2 is 1.16 bits per heavy atom. The highest BCUT2D eigenvalue weighted by atomic mass is 32.2. The van der Waals surface area contributed by atoms with Crippen molar-refractivity contribution in [3.05, 3.63) is 120 Å². The van der Waals surface area contributed by atoms with Crippen LogP contribution in [0.25, 0.3) is 21.8 Å². The summed E-state index contributed by atoms with van der Waals surface area (Å²) in [6.07, 6.45) is -0.761. The van der Waals surface area contributed by atoms with Gasteiger partial charge in [0.25, 0.3) is 0 Å². The van der Waals surface area contributed by atoms with Crippen molar-refractivity contribution in [3.63, 3.8) is 0 Å². The average molecular weight is 1880 g/mol. The average Bonchev–Trinajstić information content (AvgIpc) is 1.62. The number of unbranched alkanes of at least 4 members (excludes halogenated alkanes) is 1. The summed E-state index contributed by atoms with van der Waals surface area (Å²) in [6.45, 7) is 6.66. The highest BCUT2D eigenvalue weighted by molar-refractivity contribution is 7.99. The maximum Gasteiger partial charge on any atom is 0.303 e. The van der Waals surface area contributed by atoms with Crippen molar-refractivity contribution in [2.24, 2.45) is 40.7 Å². The SMILES string of the molecule is CCCC[C@H]1C(=O)N[C@@H](CC(C)C)C(=O)C[C@H](C(=O)CCC(N)=O)CSCC(=O)N[C@@H](Cc2ccc(O)cc2)C(=O)N(C)[C@@H](C)C(=O)C[C@@H](CC(N)=O)C(=O)N2CCC[C@H]2C(=O)N[C@@H](Cc2cnc[nH]2)C(=O)N[C@@H](CCC(=O)O)C(=O)N2C[C@H](O)C[C@H]2C(=O)N[C@@H](Cc2c[nH]c3ccccc23)C(=O)N[C@@H](CCN)C(=O)N[C@@H](Cc2c[nH]c3ccccc23)C(=O)N(CCN)[C@@H](C)C(=O)N1C. The molecule has 3 aliphatic heterocycles. The number of phenolic OH excluding ortho intramolecular Hbond substituents is 1. The van der Waals surface area contributed by atoms with Gasteiger partial charge in [-0.05, 0) is 106 Å². The van der Waals surface area contributed by atoms with E-state index in [1.54, 1.807) is 74.8 Å². The summed E-state index contributed by atoms with van der Waals surface area (Å²) >= 11 is 0.890. The van der Waals surface area contributed by atoms with Crippen LogP contribution in [0.4, 0.5) is 0 Å². The van der Waals surface area contributed by atoms with Crippen molar-refractivity contribution in [1.29, 1.82) is 0 Å². The Balaban J connectivity index is 1.10. The third-order valence-corrected chi connectivity index (χ3v) is 25.8. The first kappa shape index (κ1) is 105. The van der Waals surface area contributed by atoms with Crippen molar-refractivity contribution in [1.82, 2.24) is 81.7 Å². The number of amides is 14. The van der Waals surface area contributed by atoms with Crippen LogP contribution in [0.5, 0.6) is 5.75 Å². The normalized spacial score (nSPS) is 25.0. The molecule has 9 rings (SSSR count). The standard InChI is InChI=1S/C92H126N20O21S/c1-8-9-19-72-85(126)104-67(34-50(2)3)77(117)39-57(75(115)26-27-78(95)118)47-134-48-80(120)101-70(35-53-21-23-59(113)24-22-53)90(131)108(6)51(4)76(116)38-54(40-79(96)119)89(130)111-32-14-20-73(111)86(127)106-69(41-58-45-97-49-100-58)84(125)103-66(25-28-81(121)122)91(132)112-46-60(114)42-74(112)87(128)105-68(36-55-43-98-63-17-12-10-15-61(55)63)83(124)102-65(29-30-93)82(123)107-71(37-56-44-99-64-18-13-11-16-62(56)64)92(133)110(33-31-94)52(5)88(129)109(72)7/h10-13,15-18,21-24,43-45,49-52,54,57,60,65-74,98-99,113-114H,8-9,14,19-20,25-42,46-48,93-94H2,1-7H3,(H2,95,118)(H2,96,119)(H,97,100)(H,101,120)(H,102,124)(H,103,125)(H,104,126)(H,105,128)(H,106,127)(H,107,123)(H,121,122)/t51-,52-,54-,57-,60+,65-,66-,67-,68-,69-,70-,71-,72-,73-,74-/m0/s1. The summed E-state index contributed by atoms with van der Waals surface area (Å²) < 4.78 is 0. The number of carboxylic acids is 1. The topological polar surface area (TPSA) is 633 Å². The number of aromatic hydroxyl groups is 1. The maximum atomic E-state index is 15.8. The zero-order chi connectivity index (χ0) is 97.9. The third-order valence-electron chi connectivity index (χ3n) is 24.7. The minimum Gasteiger partial charge on any atom is -0.508 e.